The molecule has 2 aromatic carbocycles. The maximum Gasteiger partial charge on any atom is 0.320 e. The first-order valence-corrected chi connectivity index (χ1v) is 9.25. The van der Waals surface area contributed by atoms with Crippen LogP contribution in [0.15, 0.2) is 53.6 Å². The first kappa shape index (κ1) is 23.9. The fraction of sp³-hybridized carbons (Fsp3) is 0.250. The van der Waals surface area contributed by atoms with Gasteiger partial charge in [-0.15, -0.1) is 0 Å². The van der Waals surface area contributed by atoms with Crippen LogP contribution in [0.3, 0.4) is 0 Å². The molecule has 0 amide bonds. The Labute approximate surface area is 182 Å². The van der Waals surface area contributed by atoms with Crippen molar-refractivity contribution < 1.29 is 28.9 Å². The molecule has 168 valence electrons. The molecule has 0 aromatic heterocycles. The molecule has 32 heavy (non-hydrogen) atoms. The monoisotopic (exact) mass is 444 g/mol. The van der Waals surface area contributed by atoms with Gasteiger partial charge in [0, 0.05) is 6.07 Å². The number of esters is 2. The molecule has 0 saturated heterocycles. The van der Waals surface area contributed by atoms with Crippen molar-refractivity contribution in [2.24, 2.45) is 11.0 Å². The van der Waals surface area contributed by atoms with E-state index in [0.717, 1.165) is 26.4 Å². The normalized spacial score (nSPS) is 11.0. The average molecular weight is 444 g/mol. The number of carbonyl (C=O) groups is 2. The minimum atomic E-state index is -1.17. The second-order valence-corrected chi connectivity index (χ2v) is 6.39. The predicted molar refractivity (Wildman–Crippen MR) is 113 cm³/mol. The molecular weight excluding hydrogens is 424 g/mol. The van der Waals surface area contributed by atoms with Gasteiger partial charge in [0.15, 0.2) is 5.92 Å². The lowest BCUT2D eigenvalue weighted by Gasteiger charge is -2.14. The molecule has 0 spiro atoms. The van der Waals surface area contributed by atoms with E-state index in [9.17, 15) is 29.8 Å². The van der Waals surface area contributed by atoms with Crippen LogP contribution in [0.25, 0.3) is 0 Å². The van der Waals surface area contributed by atoms with Crippen molar-refractivity contribution in [2.75, 3.05) is 19.6 Å². The lowest BCUT2D eigenvalue weighted by molar-refractivity contribution is -0.393. The number of rotatable bonds is 10. The summed E-state index contributed by atoms with van der Waals surface area (Å²) in [6.45, 7) is 0. The third-order valence-electron chi connectivity index (χ3n) is 4.45. The summed E-state index contributed by atoms with van der Waals surface area (Å²) in [5, 5.41) is 26.5. The summed E-state index contributed by atoms with van der Waals surface area (Å²) in [5.41, 5.74) is 2.55. The zero-order valence-electron chi connectivity index (χ0n) is 17.2. The van der Waals surface area contributed by atoms with Gasteiger partial charge in [-0.1, -0.05) is 30.3 Å². The van der Waals surface area contributed by atoms with Crippen molar-refractivity contribution in [1.29, 1.82) is 0 Å². The number of hydrogen-bond donors (Lipinski definition) is 1. The largest absolute Gasteiger partial charge is 0.468 e. The first-order chi connectivity index (χ1) is 15.3. The fourth-order valence-corrected chi connectivity index (χ4v) is 2.80. The molecule has 0 saturated carbocycles. The highest BCUT2D eigenvalue weighted by Crippen LogP contribution is 2.29. The Bertz CT molecular complexity index is 1020. The Morgan fingerprint density at radius 3 is 2.16 bits per heavy atom. The van der Waals surface area contributed by atoms with Crippen LogP contribution in [0.4, 0.5) is 17.1 Å². The number of hydrogen-bond acceptors (Lipinski definition) is 10. The Morgan fingerprint density at radius 1 is 1.00 bits per heavy atom. The van der Waals surface area contributed by atoms with Gasteiger partial charge in [-0.05, 0) is 24.5 Å². The van der Waals surface area contributed by atoms with E-state index in [0.29, 0.717) is 11.3 Å². The Balaban J connectivity index is 2.36. The number of hydrazone groups is 1. The smallest absolute Gasteiger partial charge is 0.320 e. The van der Waals surface area contributed by atoms with Crippen molar-refractivity contribution >= 4 is 34.7 Å². The van der Waals surface area contributed by atoms with Crippen LogP contribution in [-0.2, 0) is 19.1 Å². The summed E-state index contributed by atoms with van der Waals surface area (Å²) >= 11 is 0. The second kappa shape index (κ2) is 11.2. The molecule has 2 aromatic rings. The van der Waals surface area contributed by atoms with E-state index in [-0.39, 0.29) is 18.5 Å². The molecule has 0 radical (unpaired) electrons. The minimum Gasteiger partial charge on any atom is -0.468 e. The lowest BCUT2D eigenvalue weighted by atomic mass is 9.98. The van der Waals surface area contributed by atoms with Crippen LogP contribution in [0.1, 0.15) is 18.4 Å². The highest BCUT2D eigenvalue weighted by molar-refractivity contribution is 6.02. The summed E-state index contributed by atoms with van der Waals surface area (Å²) < 4.78 is 9.30. The molecule has 0 aliphatic carbocycles. The van der Waals surface area contributed by atoms with Gasteiger partial charge >= 0.3 is 17.6 Å². The van der Waals surface area contributed by atoms with Crippen molar-refractivity contribution in [3.8, 4) is 0 Å². The van der Waals surface area contributed by atoms with Crippen LogP contribution in [0.2, 0.25) is 0 Å². The van der Waals surface area contributed by atoms with Crippen LogP contribution in [0.5, 0.6) is 0 Å². The Hall–Kier alpha value is -4.35. The number of nitro benzene ring substituents is 2. The maximum atomic E-state index is 11.9. The number of non-ortho nitro benzene ring substituents is 1. The maximum absolute atomic E-state index is 11.9. The molecule has 1 N–H and O–H groups in total. The standard InChI is InChI=1S/C20H20N4O8/c1-31-19(25)15(20(26)32-2)9-11-16(13-6-4-3-5-7-13)21-22-17-10-8-14(23(27)28)12-18(17)24(29)30/h3-8,10,12,15,22H,9,11H2,1-2H3/b21-16+. The van der Waals surface area contributed by atoms with E-state index >= 15 is 0 Å². The van der Waals surface area contributed by atoms with Crippen molar-refractivity contribution in [3.05, 3.63) is 74.3 Å². The predicted octanol–water partition coefficient (Wildman–Crippen LogP) is 3.06. The molecule has 0 atom stereocenters. The number of carbonyl (C=O) groups excluding carboxylic acids is 2. The number of methoxy groups -OCH3 is 2. The molecular formula is C20H20N4O8. The Kier molecular flexibility index (Phi) is 8.34. The van der Waals surface area contributed by atoms with E-state index < -0.39 is 39.1 Å². The SMILES string of the molecule is COC(=O)C(CC/C(=N\Nc1ccc([N+](=O)[O-])cc1[N+](=O)[O-])c1ccccc1)C(=O)OC. The average Bonchev–Trinajstić information content (AvgIpc) is 2.80. The van der Waals surface area contributed by atoms with E-state index in [1.807, 2.05) is 0 Å². The summed E-state index contributed by atoms with van der Waals surface area (Å²) in [6.07, 6.45) is 0.129. The number of nitro groups is 2. The van der Waals surface area contributed by atoms with Gasteiger partial charge in [-0.2, -0.15) is 5.10 Å². The topological polar surface area (TPSA) is 163 Å². The molecule has 2 rings (SSSR count). The van der Waals surface area contributed by atoms with Gasteiger partial charge in [-0.25, -0.2) is 0 Å². The first-order valence-electron chi connectivity index (χ1n) is 9.25. The summed E-state index contributed by atoms with van der Waals surface area (Å²) in [7, 11) is 2.31. The van der Waals surface area contributed by atoms with E-state index in [1.54, 1.807) is 30.3 Å². The zero-order chi connectivity index (χ0) is 23.7. The van der Waals surface area contributed by atoms with Crippen LogP contribution >= 0.6 is 0 Å². The molecule has 12 heteroatoms. The van der Waals surface area contributed by atoms with Gasteiger partial charge in [0.05, 0.1) is 35.8 Å². The molecule has 0 unspecified atom stereocenters. The third kappa shape index (κ3) is 6.08. The van der Waals surface area contributed by atoms with Crippen molar-refractivity contribution in [1.82, 2.24) is 0 Å². The number of nitrogens with zero attached hydrogens (tertiary/aromatic N) is 3. The number of benzene rings is 2. The molecule has 0 heterocycles. The molecule has 12 nitrogen and oxygen atoms in total. The van der Waals surface area contributed by atoms with Gasteiger partial charge in [-0.3, -0.25) is 35.2 Å². The highest BCUT2D eigenvalue weighted by atomic mass is 16.6. The lowest BCUT2D eigenvalue weighted by Crippen LogP contribution is -2.27. The van der Waals surface area contributed by atoms with Crippen molar-refractivity contribution in [3.63, 3.8) is 0 Å². The number of nitrogens with one attached hydrogen (secondary N) is 1. The summed E-state index contributed by atoms with van der Waals surface area (Å²) in [6, 6.07) is 11.8. The fourth-order valence-electron chi connectivity index (χ4n) is 2.80. The van der Waals surface area contributed by atoms with E-state index in [2.05, 4.69) is 20.0 Å². The summed E-state index contributed by atoms with van der Waals surface area (Å²) in [5.74, 6) is -2.70. The van der Waals surface area contributed by atoms with Crippen LogP contribution in [-0.4, -0.2) is 41.7 Å². The molecule has 0 bridgehead atoms. The quantitative estimate of drug-likeness (QED) is 0.191. The van der Waals surface area contributed by atoms with Gasteiger partial charge < -0.3 is 9.47 Å². The number of ether oxygens (including phenoxy) is 2. The van der Waals surface area contributed by atoms with Crippen LogP contribution < -0.4 is 5.43 Å². The minimum absolute atomic E-state index is 0.0110. The van der Waals surface area contributed by atoms with E-state index in [4.69, 9.17) is 0 Å². The second-order valence-electron chi connectivity index (χ2n) is 6.39. The van der Waals surface area contributed by atoms with Gasteiger partial charge in [0.2, 0.25) is 0 Å². The highest BCUT2D eigenvalue weighted by Gasteiger charge is 2.29. The zero-order valence-corrected chi connectivity index (χ0v) is 17.2. The summed E-state index contributed by atoms with van der Waals surface area (Å²) in [4.78, 5) is 44.6. The van der Waals surface area contributed by atoms with Crippen LogP contribution in [0, 0.1) is 26.1 Å². The molecule has 0 aliphatic rings. The number of anilines is 1. The molecule has 0 aliphatic heterocycles. The van der Waals surface area contributed by atoms with Gasteiger partial charge in [0.25, 0.3) is 5.69 Å². The Morgan fingerprint density at radius 2 is 1.62 bits per heavy atom. The van der Waals surface area contributed by atoms with Gasteiger partial charge in [0.1, 0.15) is 5.69 Å². The molecule has 0 fully saturated rings. The third-order valence-corrected chi connectivity index (χ3v) is 4.45. The van der Waals surface area contributed by atoms with E-state index in [1.165, 1.54) is 6.07 Å². The van der Waals surface area contributed by atoms with Crippen molar-refractivity contribution in [2.45, 2.75) is 12.8 Å².